The second-order valence-electron chi connectivity index (χ2n) is 17.6. The summed E-state index contributed by atoms with van der Waals surface area (Å²) in [5, 5.41) is 40.2. The molecule has 0 aromatic carbocycles. The smallest absolute Gasteiger partial charge is 0.306 e. The summed E-state index contributed by atoms with van der Waals surface area (Å²) >= 11 is 0. The molecule has 1 heterocycles. The fraction of sp³-hybridized carbons (Fsp3) is 0.865. The molecule has 1 aliphatic heterocycles. The minimum atomic E-state index is -1.54. The molecular weight excluding hydrogens is 769 g/mol. The Bertz CT molecular complexity index is 1030. The predicted molar refractivity (Wildman–Crippen MR) is 252 cm³/mol. The molecule has 358 valence electrons. The van der Waals surface area contributed by atoms with Crippen molar-refractivity contribution < 1.29 is 44.2 Å². The van der Waals surface area contributed by atoms with E-state index in [0.717, 1.165) is 38.5 Å². The van der Waals surface area contributed by atoms with Crippen LogP contribution in [0.25, 0.3) is 0 Å². The van der Waals surface area contributed by atoms with E-state index in [0.29, 0.717) is 13.0 Å². The second-order valence-corrected chi connectivity index (χ2v) is 17.6. The van der Waals surface area contributed by atoms with Gasteiger partial charge in [0.1, 0.15) is 30.5 Å². The molecule has 1 saturated heterocycles. The molecule has 0 radical (unpaired) electrons. The van der Waals surface area contributed by atoms with Gasteiger partial charge in [-0.05, 0) is 70.6 Å². The van der Waals surface area contributed by atoms with Crippen LogP contribution in [0, 0.1) is 0 Å². The van der Waals surface area contributed by atoms with Gasteiger partial charge in [-0.3, -0.25) is 4.79 Å². The summed E-state index contributed by atoms with van der Waals surface area (Å²) in [4.78, 5) is 12.8. The van der Waals surface area contributed by atoms with Crippen LogP contribution in [0.15, 0.2) is 36.5 Å². The number of allylic oxidation sites excluding steroid dienone is 6. The molecule has 0 aliphatic carbocycles. The second kappa shape index (κ2) is 43.7. The molecule has 0 aromatic rings. The lowest BCUT2D eigenvalue weighted by Crippen LogP contribution is -2.59. The summed E-state index contributed by atoms with van der Waals surface area (Å²) in [5.74, 6) is -0.317. The van der Waals surface area contributed by atoms with Crippen molar-refractivity contribution in [3.8, 4) is 0 Å². The first kappa shape index (κ1) is 57.4. The largest absolute Gasteiger partial charge is 0.457 e. The molecule has 6 unspecified atom stereocenters. The van der Waals surface area contributed by atoms with Crippen LogP contribution in [0.1, 0.15) is 226 Å². The first-order valence-corrected chi connectivity index (χ1v) is 25.6. The first-order valence-electron chi connectivity index (χ1n) is 25.6. The first-order chi connectivity index (χ1) is 29.9. The van der Waals surface area contributed by atoms with Crippen LogP contribution < -0.4 is 0 Å². The zero-order chi connectivity index (χ0) is 44.3. The van der Waals surface area contributed by atoms with Gasteiger partial charge in [0.2, 0.25) is 0 Å². The summed E-state index contributed by atoms with van der Waals surface area (Å²) in [6, 6.07) is 0. The Morgan fingerprint density at radius 3 is 1.46 bits per heavy atom. The highest BCUT2D eigenvalue weighted by molar-refractivity contribution is 5.69. The monoisotopic (exact) mass is 865 g/mol. The molecule has 0 amide bonds. The van der Waals surface area contributed by atoms with Gasteiger partial charge in [0.25, 0.3) is 0 Å². The highest BCUT2D eigenvalue weighted by Gasteiger charge is 2.44. The van der Waals surface area contributed by atoms with Crippen LogP contribution >= 0.6 is 0 Å². The van der Waals surface area contributed by atoms with Crippen molar-refractivity contribution in [1.29, 1.82) is 0 Å². The number of aliphatic hydroxyl groups excluding tert-OH is 4. The molecule has 1 fully saturated rings. The van der Waals surface area contributed by atoms with Crippen molar-refractivity contribution in [3.63, 3.8) is 0 Å². The minimum absolute atomic E-state index is 0.115. The molecular formula is C52H96O9. The maximum atomic E-state index is 12.8. The number of hydrogen-bond donors (Lipinski definition) is 4. The summed E-state index contributed by atoms with van der Waals surface area (Å²) in [6.45, 7) is 4.55. The van der Waals surface area contributed by atoms with Gasteiger partial charge in [0.15, 0.2) is 6.29 Å². The minimum Gasteiger partial charge on any atom is -0.457 e. The van der Waals surface area contributed by atoms with Crippen molar-refractivity contribution in [3.05, 3.63) is 36.5 Å². The molecule has 9 heteroatoms. The number of carbonyl (C=O) groups excluding carboxylic acids is 1. The van der Waals surface area contributed by atoms with E-state index in [4.69, 9.17) is 18.9 Å². The van der Waals surface area contributed by atoms with E-state index in [9.17, 15) is 25.2 Å². The van der Waals surface area contributed by atoms with Gasteiger partial charge in [-0.1, -0.05) is 185 Å². The third kappa shape index (κ3) is 34.5. The van der Waals surface area contributed by atoms with E-state index < -0.39 is 43.4 Å². The summed E-state index contributed by atoms with van der Waals surface area (Å²) in [5.41, 5.74) is 0. The van der Waals surface area contributed by atoms with Gasteiger partial charge in [-0.25, -0.2) is 0 Å². The lowest BCUT2D eigenvalue weighted by Gasteiger charge is -2.39. The zero-order valence-corrected chi connectivity index (χ0v) is 39.4. The quantitative estimate of drug-likeness (QED) is 0.0268. The number of aliphatic hydroxyl groups is 4. The predicted octanol–water partition coefficient (Wildman–Crippen LogP) is 12.3. The van der Waals surface area contributed by atoms with E-state index >= 15 is 0 Å². The van der Waals surface area contributed by atoms with Crippen LogP contribution in [0.5, 0.6) is 0 Å². The van der Waals surface area contributed by atoms with Crippen molar-refractivity contribution in [2.75, 3.05) is 26.4 Å². The van der Waals surface area contributed by atoms with Crippen LogP contribution in [-0.2, 0) is 23.7 Å². The van der Waals surface area contributed by atoms with Crippen LogP contribution in [-0.4, -0.2) is 89.6 Å². The molecule has 9 nitrogen and oxygen atoms in total. The topological polar surface area (TPSA) is 135 Å². The van der Waals surface area contributed by atoms with Gasteiger partial charge < -0.3 is 39.4 Å². The molecule has 1 aliphatic rings. The Hall–Kier alpha value is -1.59. The zero-order valence-electron chi connectivity index (χ0n) is 39.4. The standard InChI is InChI=1S/C52H96O9/c1-3-5-7-9-11-13-15-17-19-21-23-24-26-28-30-32-34-36-38-40-42-58-44-46(45-59-52-51(57)50(56)49(55)47(43-53)61-52)60-48(54)41-39-37-35-33-31-29-27-25-22-20-18-16-14-12-10-8-6-4-2/h11,13,17,19-20,22,46-47,49-53,55-57H,3-10,12,14-16,18,21,23-45H2,1-2H3/b13-11-,19-17-,22-20-. The number of esters is 1. The van der Waals surface area contributed by atoms with Crippen LogP contribution in [0.3, 0.4) is 0 Å². The molecule has 4 N–H and O–H groups in total. The fourth-order valence-electron chi connectivity index (χ4n) is 7.75. The molecule has 0 bridgehead atoms. The molecule has 0 aromatic heterocycles. The van der Waals surface area contributed by atoms with Gasteiger partial charge in [0.05, 0.1) is 19.8 Å². The van der Waals surface area contributed by atoms with Crippen LogP contribution in [0.4, 0.5) is 0 Å². The van der Waals surface area contributed by atoms with Gasteiger partial charge in [-0.2, -0.15) is 0 Å². The van der Waals surface area contributed by atoms with E-state index in [1.54, 1.807) is 0 Å². The number of hydrogen-bond acceptors (Lipinski definition) is 9. The lowest BCUT2D eigenvalue weighted by atomic mass is 9.99. The van der Waals surface area contributed by atoms with Gasteiger partial charge in [-0.15, -0.1) is 0 Å². The molecule has 0 spiro atoms. The Morgan fingerprint density at radius 2 is 0.951 bits per heavy atom. The molecule has 0 saturated carbocycles. The van der Waals surface area contributed by atoms with E-state index in [2.05, 4.69) is 50.3 Å². The third-order valence-corrected chi connectivity index (χ3v) is 11.8. The van der Waals surface area contributed by atoms with Gasteiger partial charge >= 0.3 is 5.97 Å². The molecule has 1 rings (SSSR count). The SMILES string of the molecule is CCCCC/C=C\C/C=C\CCCCCCCCCCCCOCC(COC1OC(CO)C(O)C(O)C1O)OC(=O)CCCCCCCCC/C=C\CCCCCCCCC. The van der Waals surface area contributed by atoms with Crippen LogP contribution in [0.2, 0.25) is 0 Å². The highest BCUT2D eigenvalue weighted by Crippen LogP contribution is 2.23. The summed E-state index contributed by atoms with van der Waals surface area (Å²) < 4.78 is 22.9. The van der Waals surface area contributed by atoms with Crippen molar-refractivity contribution in [2.45, 2.75) is 263 Å². The Balaban J connectivity index is 2.21. The fourth-order valence-corrected chi connectivity index (χ4v) is 7.75. The summed E-state index contributed by atoms with van der Waals surface area (Å²) in [7, 11) is 0. The maximum absolute atomic E-state index is 12.8. The van der Waals surface area contributed by atoms with Gasteiger partial charge in [0, 0.05) is 13.0 Å². The molecule has 6 atom stereocenters. The Morgan fingerprint density at radius 1 is 0.525 bits per heavy atom. The highest BCUT2D eigenvalue weighted by atomic mass is 16.7. The average Bonchev–Trinajstić information content (AvgIpc) is 3.26. The Labute approximate surface area is 374 Å². The maximum Gasteiger partial charge on any atom is 0.306 e. The van der Waals surface area contributed by atoms with E-state index in [1.807, 2.05) is 0 Å². The number of carbonyl (C=O) groups is 1. The third-order valence-electron chi connectivity index (χ3n) is 11.8. The van der Waals surface area contributed by atoms with Crippen molar-refractivity contribution in [1.82, 2.24) is 0 Å². The average molecular weight is 865 g/mol. The van der Waals surface area contributed by atoms with Crippen molar-refractivity contribution >= 4 is 5.97 Å². The number of unbranched alkanes of at least 4 members (excludes halogenated alkanes) is 27. The number of ether oxygens (including phenoxy) is 4. The normalized spacial score (nSPS) is 20.1. The van der Waals surface area contributed by atoms with Crippen molar-refractivity contribution in [2.24, 2.45) is 0 Å². The Kier molecular flexibility index (Phi) is 41.1. The lowest BCUT2D eigenvalue weighted by molar-refractivity contribution is -0.305. The summed E-state index contributed by atoms with van der Waals surface area (Å²) in [6.07, 6.45) is 46.0. The van der Waals surface area contributed by atoms with E-state index in [-0.39, 0.29) is 19.2 Å². The van der Waals surface area contributed by atoms with E-state index in [1.165, 1.54) is 167 Å². The molecule has 61 heavy (non-hydrogen) atoms. The number of rotatable bonds is 44.